The monoisotopic (exact) mass is 431 g/mol. The molecule has 0 atom stereocenters. The van der Waals surface area contributed by atoms with Crippen molar-refractivity contribution in [1.29, 1.82) is 0 Å². The Labute approximate surface area is 167 Å². The van der Waals surface area contributed by atoms with Gasteiger partial charge in [0.25, 0.3) is 5.91 Å². The Hall–Kier alpha value is -2.47. The van der Waals surface area contributed by atoms with Gasteiger partial charge in [-0.15, -0.1) is 0 Å². The summed E-state index contributed by atoms with van der Waals surface area (Å²) in [4.78, 5) is 14.6. The summed E-state index contributed by atoms with van der Waals surface area (Å²) < 4.78 is 17.1. The molecule has 0 radical (unpaired) electrons. The number of hydrogen-bond acceptors (Lipinski definition) is 4. The van der Waals surface area contributed by atoms with Crippen LogP contribution in [0.25, 0.3) is 6.08 Å². The van der Waals surface area contributed by atoms with Crippen LogP contribution in [0.5, 0.6) is 17.2 Å². The van der Waals surface area contributed by atoms with Gasteiger partial charge in [0.1, 0.15) is 0 Å². The first-order valence-electron chi connectivity index (χ1n) is 8.65. The van der Waals surface area contributed by atoms with Crippen LogP contribution in [0.1, 0.15) is 17.5 Å². The molecular weight excluding hydrogens is 410 g/mol. The minimum Gasteiger partial charge on any atom is -0.493 e. The maximum atomic E-state index is 12.8. The average molecular weight is 432 g/mol. The summed E-state index contributed by atoms with van der Waals surface area (Å²) in [7, 11) is 4.70. The zero-order chi connectivity index (χ0) is 19.4. The molecule has 6 heteroatoms. The SMILES string of the molecule is COc1cc(/C=C/C(=O)N2CCCc3cc(Br)ccc32)cc(OC)c1OC. The van der Waals surface area contributed by atoms with E-state index in [4.69, 9.17) is 14.2 Å². The van der Waals surface area contributed by atoms with Crippen molar-refractivity contribution >= 4 is 33.6 Å². The first kappa shape index (κ1) is 19.3. The van der Waals surface area contributed by atoms with Crippen molar-refractivity contribution in [2.24, 2.45) is 0 Å². The van der Waals surface area contributed by atoms with Crippen molar-refractivity contribution in [3.05, 3.63) is 52.0 Å². The Bertz CT molecular complexity index is 853. The molecule has 3 rings (SSSR count). The molecule has 0 saturated heterocycles. The molecule has 0 aromatic heterocycles. The van der Waals surface area contributed by atoms with Crippen molar-refractivity contribution < 1.29 is 19.0 Å². The number of anilines is 1. The number of ether oxygens (including phenoxy) is 3. The zero-order valence-electron chi connectivity index (χ0n) is 15.6. The van der Waals surface area contributed by atoms with Gasteiger partial charge in [0.05, 0.1) is 21.3 Å². The molecular formula is C21H22BrNO4. The zero-order valence-corrected chi connectivity index (χ0v) is 17.2. The van der Waals surface area contributed by atoms with E-state index in [1.165, 1.54) is 5.56 Å². The lowest BCUT2D eigenvalue weighted by atomic mass is 10.0. The lowest BCUT2D eigenvalue weighted by Gasteiger charge is -2.28. The number of carbonyl (C=O) groups excluding carboxylic acids is 1. The molecule has 0 N–H and O–H groups in total. The normalized spacial score (nSPS) is 13.4. The minimum atomic E-state index is -0.0491. The number of carbonyl (C=O) groups is 1. The number of amides is 1. The van der Waals surface area contributed by atoms with Crippen LogP contribution in [0.3, 0.4) is 0 Å². The molecule has 1 aliphatic rings. The highest BCUT2D eigenvalue weighted by Gasteiger charge is 2.21. The second-order valence-corrected chi connectivity index (χ2v) is 7.07. The van der Waals surface area contributed by atoms with Crippen molar-refractivity contribution in [2.75, 3.05) is 32.8 Å². The van der Waals surface area contributed by atoms with Crippen LogP contribution in [0, 0.1) is 0 Å². The predicted octanol–water partition coefficient (Wildman–Crippen LogP) is 4.47. The molecule has 27 heavy (non-hydrogen) atoms. The van der Waals surface area contributed by atoms with Gasteiger partial charge in [-0.05, 0) is 60.4 Å². The van der Waals surface area contributed by atoms with Crippen LogP contribution in [-0.2, 0) is 11.2 Å². The van der Waals surface area contributed by atoms with Gasteiger partial charge in [0.2, 0.25) is 5.75 Å². The highest BCUT2D eigenvalue weighted by atomic mass is 79.9. The number of aryl methyl sites for hydroxylation is 1. The van der Waals surface area contributed by atoms with E-state index in [2.05, 4.69) is 22.0 Å². The summed E-state index contributed by atoms with van der Waals surface area (Å²) in [6.45, 7) is 0.715. The van der Waals surface area contributed by atoms with Crippen LogP contribution in [0.4, 0.5) is 5.69 Å². The smallest absolute Gasteiger partial charge is 0.250 e. The van der Waals surface area contributed by atoms with Crippen molar-refractivity contribution in [3.8, 4) is 17.2 Å². The molecule has 0 spiro atoms. The van der Waals surface area contributed by atoms with E-state index in [0.717, 1.165) is 28.6 Å². The van der Waals surface area contributed by atoms with Crippen molar-refractivity contribution in [3.63, 3.8) is 0 Å². The molecule has 1 amide bonds. The third kappa shape index (κ3) is 4.11. The van der Waals surface area contributed by atoms with Crippen LogP contribution in [0.15, 0.2) is 40.9 Å². The van der Waals surface area contributed by atoms with E-state index < -0.39 is 0 Å². The molecule has 1 aliphatic heterocycles. The maximum Gasteiger partial charge on any atom is 0.250 e. The number of fused-ring (bicyclic) bond motifs is 1. The van der Waals surface area contributed by atoms with Crippen LogP contribution >= 0.6 is 15.9 Å². The Morgan fingerprint density at radius 2 is 1.78 bits per heavy atom. The van der Waals surface area contributed by atoms with Gasteiger partial charge >= 0.3 is 0 Å². The van der Waals surface area contributed by atoms with Crippen LogP contribution in [-0.4, -0.2) is 33.8 Å². The molecule has 2 aromatic carbocycles. The van der Waals surface area contributed by atoms with Gasteiger partial charge in [-0.25, -0.2) is 0 Å². The van der Waals surface area contributed by atoms with E-state index in [1.807, 2.05) is 29.2 Å². The van der Waals surface area contributed by atoms with E-state index in [0.29, 0.717) is 23.8 Å². The minimum absolute atomic E-state index is 0.0491. The Balaban J connectivity index is 1.86. The van der Waals surface area contributed by atoms with E-state index in [-0.39, 0.29) is 5.91 Å². The third-order valence-corrected chi connectivity index (χ3v) is 5.02. The number of rotatable bonds is 5. The molecule has 0 aliphatic carbocycles. The number of benzene rings is 2. The second-order valence-electron chi connectivity index (χ2n) is 6.16. The highest BCUT2D eigenvalue weighted by Crippen LogP contribution is 2.38. The molecule has 0 bridgehead atoms. The lowest BCUT2D eigenvalue weighted by molar-refractivity contribution is -0.114. The Morgan fingerprint density at radius 1 is 1.07 bits per heavy atom. The van der Waals surface area contributed by atoms with Gasteiger partial charge in [0, 0.05) is 22.8 Å². The average Bonchev–Trinajstić information content (AvgIpc) is 2.70. The molecule has 0 saturated carbocycles. The van der Waals surface area contributed by atoms with Gasteiger partial charge in [-0.3, -0.25) is 4.79 Å². The molecule has 2 aromatic rings. The summed E-state index contributed by atoms with van der Waals surface area (Å²) in [5, 5.41) is 0. The fraction of sp³-hybridized carbons (Fsp3) is 0.286. The predicted molar refractivity (Wildman–Crippen MR) is 110 cm³/mol. The first-order chi connectivity index (χ1) is 13.1. The largest absolute Gasteiger partial charge is 0.493 e. The van der Waals surface area contributed by atoms with Crippen molar-refractivity contribution in [1.82, 2.24) is 0 Å². The second kappa shape index (κ2) is 8.48. The summed E-state index contributed by atoms with van der Waals surface area (Å²) in [6, 6.07) is 9.66. The van der Waals surface area contributed by atoms with E-state index >= 15 is 0 Å². The first-order valence-corrected chi connectivity index (χ1v) is 9.44. The third-order valence-electron chi connectivity index (χ3n) is 4.53. The number of hydrogen-bond donors (Lipinski definition) is 0. The molecule has 0 unspecified atom stereocenters. The standard InChI is InChI=1S/C21H22BrNO4/c1-25-18-11-14(12-19(26-2)21(18)27-3)6-9-20(24)23-10-4-5-15-13-16(22)7-8-17(15)23/h6-9,11-13H,4-5,10H2,1-3H3/b9-6+. The molecule has 0 fully saturated rings. The Kier molecular flexibility index (Phi) is 6.06. The van der Waals surface area contributed by atoms with Crippen LogP contribution in [0.2, 0.25) is 0 Å². The number of nitrogens with zero attached hydrogens (tertiary/aromatic N) is 1. The topological polar surface area (TPSA) is 48.0 Å². The fourth-order valence-corrected chi connectivity index (χ4v) is 3.66. The van der Waals surface area contributed by atoms with Gasteiger partial charge in [-0.2, -0.15) is 0 Å². The van der Waals surface area contributed by atoms with Gasteiger partial charge in [-0.1, -0.05) is 15.9 Å². The molecule has 5 nitrogen and oxygen atoms in total. The maximum absolute atomic E-state index is 12.8. The van der Waals surface area contributed by atoms with E-state index in [9.17, 15) is 4.79 Å². The molecule has 142 valence electrons. The van der Waals surface area contributed by atoms with Crippen LogP contribution < -0.4 is 19.1 Å². The van der Waals surface area contributed by atoms with Gasteiger partial charge in [0.15, 0.2) is 11.5 Å². The van der Waals surface area contributed by atoms with Gasteiger partial charge < -0.3 is 19.1 Å². The lowest BCUT2D eigenvalue weighted by Crippen LogP contribution is -2.34. The number of halogens is 1. The summed E-state index contributed by atoms with van der Waals surface area (Å²) >= 11 is 3.50. The highest BCUT2D eigenvalue weighted by molar-refractivity contribution is 9.10. The number of methoxy groups -OCH3 is 3. The Morgan fingerprint density at radius 3 is 2.41 bits per heavy atom. The quantitative estimate of drug-likeness (QED) is 0.655. The van der Waals surface area contributed by atoms with E-state index in [1.54, 1.807) is 33.5 Å². The fourth-order valence-electron chi connectivity index (χ4n) is 3.25. The summed E-state index contributed by atoms with van der Waals surface area (Å²) in [5.74, 6) is 1.58. The summed E-state index contributed by atoms with van der Waals surface area (Å²) in [6.07, 6.45) is 5.28. The van der Waals surface area contributed by atoms with Crippen molar-refractivity contribution in [2.45, 2.75) is 12.8 Å². The summed E-state index contributed by atoms with van der Waals surface area (Å²) in [5.41, 5.74) is 2.96. The molecule has 1 heterocycles.